The number of carbonyl (C=O) groups excluding carboxylic acids is 3. The first-order valence-corrected chi connectivity index (χ1v) is 8.01. The predicted molar refractivity (Wildman–Crippen MR) is 79.0 cm³/mol. The van der Waals surface area contributed by atoms with Gasteiger partial charge in [-0.15, -0.1) is 11.8 Å². The van der Waals surface area contributed by atoms with Gasteiger partial charge in [-0.3, -0.25) is 14.4 Å². The molecule has 1 aromatic carbocycles. The van der Waals surface area contributed by atoms with E-state index in [1.165, 1.54) is 0 Å². The van der Waals surface area contributed by atoms with Gasteiger partial charge in [0.15, 0.2) is 17.3 Å². The number of Topliss-reactive ketones (excluding diaryl/α,β-unsaturated/α-hetero) is 3. The summed E-state index contributed by atoms with van der Waals surface area (Å²) in [5.74, 6) is -1.75. The molecule has 0 saturated heterocycles. The number of thioether (sulfide) groups is 1. The Morgan fingerprint density at radius 2 is 1.70 bits per heavy atom. The number of ketones is 3. The molecule has 0 unspecified atom stereocenters. The SMILES string of the molecule is CCC(=O)C1C(=O)CC(c2ccc(SC)cc2)CC1=O. The zero-order valence-electron chi connectivity index (χ0n) is 11.7. The predicted octanol–water partition coefficient (Wildman–Crippen LogP) is 3.02. The normalized spacial score (nSPS) is 22.9. The molecule has 0 N–H and O–H groups in total. The van der Waals surface area contributed by atoms with Gasteiger partial charge in [0.25, 0.3) is 0 Å². The molecular formula is C16H18O3S. The van der Waals surface area contributed by atoms with Crippen molar-refractivity contribution in [1.82, 2.24) is 0 Å². The van der Waals surface area contributed by atoms with E-state index in [0.29, 0.717) is 12.8 Å². The molecule has 1 aliphatic rings. The summed E-state index contributed by atoms with van der Waals surface area (Å²) in [5, 5.41) is 0. The minimum atomic E-state index is -0.998. The summed E-state index contributed by atoms with van der Waals surface area (Å²) in [7, 11) is 0. The lowest BCUT2D eigenvalue weighted by Crippen LogP contribution is -2.37. The second-order valence-corrected chi connectivity index (χ2v) is 5.94. The lowest BCUT2D eigenvalue weighted by molar-refractivity contribution is -0.142. The Labute approximate surface area is 123 Å². The van der Waals surface area contributed by atoms with Crippen molar-refractivity contribution in [3.05, 3.63) is 29.8 Å². The number of hydrogen-bond acceptors (Lipinski definition) is 4. The molecule has 1 aromatic rings. The maximum atomic E-state index is 12.1. The molecule has 0 atom stereocenters. The van der Waals surface area contributed by atoms with Gasteiger partial charge >= 0.3 is 0 Å². The van der Waals surface area contributed by atoms with Crippen LogP contribution in [0.15, 0.2) is 29.2 Å². The van der Waals surface area contributed by atoms with Crippen LogP contribution >= 0.6 is 11.8 Å². The highest BCUT2D eigenvalue weighted by atomic mass is 32.2. The zero-order chi connectivity index (χ0) is 14.7. The van der Waals surface area contributed by atoms with E-state index in [0.717, 1.165) is 10.5 Å². The van der Waals surface area contributed by atoms with Crippen molar-refractivity contribution < 1.29 is 14.4 Å². The van der Waals surface area contributed by atoms with E-state index in [4.69, 9.17) is 0 Å². The van der Waals surface area contributed by atoms with Crippen LogP contribution in [-0.4, -0.2) is 23.6 Å². The second-order valence-electron chi connectivity index (χ2n) is 5.06. The van der Waals surface area contributed by atoms with Crippen LogP contribution in [0, 0.1) is 5.92 Å². The van der Waals surface area contributed by atoms with Crippen LogP contribution in [0.3, 0.4) is 0 Å². The van der Waals surface area contributed by atoms with Gasteiger partial charge in [0.05, 0.1) is 0 Å². The van der Waals surface area contributed by atoms with E-state index in [1.54, 1.807) is 18.7 Å². The fourth-order valence-corrected chi connectivity index (χ4v) is 3.06. The summed E-state index contributed by atoms with van der Waals surface area (Å²) >= 11 is 1.65. The molecule has 0 amide bonds. The van der Waals surface area contributed by atoms with E-state index in [1.807, 2.05) is 30.5 Å². The maximum Gasteiger partial charge on any atom is 0.151 e. The summed E-state index contributed by atoms with van der Waals surface area (Å²) in [4.78, 5) is 37.0. The Morgan fingerprint density at radius 3 is 2.15 bits per heavy atom. The lowest BCUT2D eigenvalue weighted by Gasteiger charge is -2.25. The summed E-state index contributed by atoms with van der Waals surface area (Å²) in [6.07, 6.45) is 2.83. The Morgan fingerprint density at radius 1 is 1.15 bits per heavy atom. The largest absolute Gasteiger partial charge is 0.298 e. The molecule has 0 aromatic heterocycles. The smallest absolute Gasteiger partial charge is 0.151 e. The average Bonchev–Trinajstić information content (AvgIpc) is 2.46. The van der Waals surface area contributed by atoms with Crippen molar-refractivity contribution >= 4 is 29.1 Å². The highest BCUT2D eigenvalue weighted by Gasteiger charge is 2.39. The van der Waals surface area contributed by atoms with Crippen molar-refractivity contribution in [2.75, 3.05) is 6.26 Å². The second kappa shape index (κ2) is 6.35. The van der Waals surface area contributed by atoms with Gasteiger partial charge in [0.2, 0.25) is 0 Å². The number of benzene rings is 1. The minimum Gasteiger partial charge on any atom is -0.298 e. The van der Waals surface area contributed by atoms with Crippen LogP contribution in [0.1, 0.15) is 37.7 Å². The van der Waals surface area contributed by atoms with Crippen molar-refractivity contribution in [1.29, 1.82) is 0 Å². The van der Waals surface area contributed by atoms with E-state index in [9.17, 15) is 14.4 Å². The summed E-state index contributed by atoms with van der Waals surface area (Å²) in [5.41, 5.74) is 1.01. The quantitative estimate of drug-likeness (QED) is 0.632. The van der Waals surface area contributed by atoms with Crippen LogP contribution in [0.4, 0.5) is 0 Å². The third-order valence-electron chi connectivity index (χ3n) is 3.80. The van der Waals surface area contributed by atoms with E-state index in [2.05, 4.69) is 0 Å². The minimum absolute atomic E-state index is 0.0770. The van der Waals surface area contributed by atoms with Gasteiger partial charge in [-0.25, -0.2) is 0 Å². The highest BCUT2D eigenvalue weighted by Crippen LogP contribution is 2.33. The molecule has 3 nitrogen and oxygen atoms in total. The number of hydrogen-bond donors (Lipinski definition) is 0. The molecule has 1 fully saturated rings. The van der Waals surface area contributed by atoms with Crippen molar-refractivity contribution in [3.63, 3.8) is 0 Å². The molecular weight excluding hydrogens is 272 g/mol. The third kappa shape index (κ3) is 3.01. The first-order valence-electron chi connectivity index (χ1n) is 6.79. The molecule has 1 saturated carbocycles. The van der Waals surface area contributed by atoms with Gasteiger partial charge in [0, 0.05) is 24.2 Å². The lowest BCUT2D eigenvalue weighted by atomic mass is 9.75. The molecule has 0 heterocycles. The topological polar surface area (TPSA) is 51.2 Å². The number of carbonyl (C=O) groups is 3. The highest BCUT2D eigenvalue weighted by molar-refractivity contribution is 7.98. The van der Waals surface area contributed by atoms with Crippen LogP contribution in [-0.2, 0) is 14.4 Å². The van der Waals surface area contributed by atoms with Gasteiger partial charge in [-0.05, 0) is 29.9 Å². The van der Waals surface area contributed by atoms with E-state index in [-0.39, 0.29) is 29.7 Å². The van der Waals surface area contributed by atoms with Crippen molar-refractivity contribution in [2.24, 2.45) is 5.92 Å². The van der Waals surface area contributed by atoms with Gasteiger partial charge in [0.1, 0.15) is 5.92 Å². The van der Waals surface area contributed by atoms with Crippen molar-refractivity contribution in [2.45, 2.75) is 37.0 Å². The van der Waals surface area contributed by atoms with Crippen molar-refractivity contribution in [3.8, 4) is 0 Å². The Balaban J connectivity index is 2.15. The van der Waals surface area contributed by atoms with E-state index < -0.39 is 5.92 Å². The van der Waals surface area contributed by atoms with E-state index >= 15 is 0 Å². The molecule has 2 rings (SSSR count). The van der Waals surface area contributed by atoms with Crippen LogP contribution in [0.2, 0.25) is 0 Å². The first kappa shape index (κ1) is 15.0. The summed E-state index contributed by atoms with van der Waals surface area (Å²) in [6, 6.07) is 7.94. The number of rotatable bonds is 4. The van der Waals surface area contributed by atoms with Gasteiger partial charge in [-0.2, -0.15) is 0 Å². The molecule has 0 spiro atoms. The zero-order valence-corrected chi connectivity index (χ0v) is 12.5. The Bertz CT molecular complexity index is 515. The third-order valence-corrected chi connectivity index (χ3v) is 4.54. The summed E-state index contributed by atoms with van der Waals surface area (Å²) in [6.45, 7) is 1.69. The average molecular weight is 290 g/mol. The van der Waals surface area contributed by atoms with Crippen LogP contribution in [0.5, 0.6) is 0 Å². The van der Waals surface area contributed by atoms with Crippen LogP contribution < -0.4 is 0 Å². The molecule has 20 heavy (non-hydrogen) atoms. The first-order chi connectivity index (χ1) is 9.56. The molecule has 106 valence electrons. The fourth-order valence-electron chi connectivity index (χ4n) is 2.65. The Kier molecular flexibility index (Phi) is 4.76. The molecule has 1 aliphatic carbocycles. The Hall–Kier alpha value is -1.42. The van der Waals surface area contributed by atoms with Gasteiger partial charge in [-0.1, -0.05) is 19.1 Å². The molecule has 0 aliphatic heterocycles. The maximum absolute atomic E-state index is 12.1. The summed E-state index contributed by atoms with van der Waals surface area (Å²) < 4.78 is 0. The van der Waals surface area contributed by atoms with Gasteiger partial charge < -0.3 is 0 Å². The standard InChI is InChI=1S/C16H18O3S/c1-3-13(17)16-14(18)8-11(9-15(16)19)10-4-6-12(20-2)7-5-10/h4-7,11,16H,3,8-9H2,1-2H3. The fraction of sp³-hybridized carbons (Fsp3) is 0.438. The molecule has 4 heteroatoms. The molecule has 0 radical (unpaired) electrons. The van der Waals surface area contributed by atoms with Crippen LogP contribution in [0.25, 0.3) is 0 Å². The molecule has 0 bridgehead atoms. The monoisotopic (exact) mass is 290 g/mol.